The molecule has 2 heterocycles. The lowest BCUT2D eigenvalue weighted by Gasteiger charge is -2.09. The van der Waals surface area contributed by atoms with E-state index in [0.717, 1.165) is 11.4 Å². The molecule has 8 heteroatoms. The summed E-state index contributed by atoms with van der Waals surface area (Å²) in [5.74, 6) is 2.16. The highest BCUT2D eigenvalue weighted by Gasteiger charge is 2.25. The van der Waals surface area contributed by atoms with E-state index in [-0.39, 0.29) is 0 Å². The molecule has 2 aromatic heterocycles. The number of halogens is 2. The predicted octanol–water partition coefficient (Wildman–Crippen LogP) is 4.87. The zero-order chi connectivity index (χ0) is 16.5. The van der Waals surface area contributed by atoms with Gasteiger partial charge in [-0.2, -0.15) is 10.1 Å². The summed E-state index contributed by atoms with van der Waals surface area (Å²) in [6, 6.07) is 9.37. The fraction of sp³-hybridized carbons (Fsp3) is 0.188. The van der Waals surface area contributed by atoms with E-state index in [0.29, 0.717) is 33.5 Å². The lowest BCUT2D eigenvalue weighted by atomic mass is 10.3. The fourth-order valence-corrected chi connectivity index (χ4v) is 2.64. The molecule has 0 radical (unpaired) electrons. The van der Waals surface area contributed by atoms with Crippen molar-refractivity contribution in [3.8, 4) is 0 Å². The van der Waals surface area contributed by atoms with Crippen molar-refractivity contribution in [3.63, 3.8) is 0 Å². The van der Waals surface area contributed by atoms with Gasteiger partial charge in [-0.15, -0.1) is 0 Å². The van der Waals surface area contributed by atoms with Gasteiger partial charge in [-0.3, -0.25) is 5.10 Å². The molecule has 0 amide bonds. The first-order chi connectivity index (χ1) is 11.7. The maximum atomic E-state index is 6.18. The van der Waals surface area contributed by atoms with Gasteiger partial charge in [0.2, 0.25) is 5.95 Å². The van der Waals surface area contributed by atoms with E-state index in [1.54, 1.807) is 6.07 Å². The molecule has 24 heavy (non-hydrogen) atoms. The SMILES string of the molecule is Clc1ccccc1Nc1ncc(Cl)c(Nc2cc(C3CC3)[nH]n2)n1. The Bertz CT molecular complexity index is 875. The van der Waals surface area contributed by atoms with Crippen LogP contribution in [0, 0.1) is 0 Å². The van der Waals surface area contributed by atoms with Gasteiger partial charge in [-0.25, -0.2) is 4.98 Å². The first-order valence-electron chi connectivity index (χ1n) is 7.55. The number of aromatic amines is 1. The van der Waals surface area contributed by atoms with Crippen LogP contribution in [-0.2, 0) is 0 Å². The summed E-state index contributed by atoms with van der Waals surface area (Å²) in [5, 5.41) is 14.5. The summed E-state index contributed by atoms with van der Waals surface area (Å²) in [6.45, 7) is 0. The molecule has 6 nitrogen and oxygen atoms in total. The molecule has 0 spiro atoms. The van der Waals surface area contributed by atoms with Crippen molar-refractivity contribution < 1.29 is 0 Å². The first-order valence-corrected chi connectivity index (χ1v) is 8.31. The quantitative estimate of drug-likeness (QED) is 0.604. The van der Waals surface area contributed by atoms with Crippen molar-refractivity contribution in [2.75, 3.05) is 10.6 Å². The van der Waals surface area contributed by atoms with Crippen LogP contribution in [0.15, 0.2) is 36.5 Å². The van der Waals surface area contributed by atoms with Crippen molar-refractivity contribution in [2.24, 2.45) is 0 Å². The van der Waals surface area contributed by atoms with Gasteiger partial charge in [-0.1, -0.05) is 35.3 Å². The summed E-state index contributed by atoms with van der Waals surface area (Å²) in [4.78, 5) is 8.58. The molecule has 1 aromatic carbocycles. The zero-order valence-electron chi connectivity index (χ0n) is 12.6. The molecule has 1 aliphatic carbocycles. The Morgan fingerprint density at radius 2 is 1.92 bits per heavy atom. The Balaban J connectivity index is 1.55. The Morgan fingerprint density at radius 3 is 2.71 bits per heavy atom. The van der Waals surface area contributed by atoms with Crippen LogP contribution in [0.1, 0.15) is 24.5 Å². The van der Waals surface area contributed by atoms with Gasteiger partial charge in [0.05, 0.1) is 16.9 Å². The Labute approximate surface area is 148 Å². The van der Waals surface area contributed by atoms with Crippen molar-refractivity contribution in [3.05, 3.63) is 52.3 Å². The minimum absolute atomic E-state index is 0.396. The zero-order valence-corrected chi connectivity index (χ0v) is 14.1. The Morgan fingerprint density at radius 1 is 1.08 bits per heavy atom. The van der Waals surface area contributed by atoms with E-state index in [4.69, 9.17) is 23.2 Å². The van der Waals surface area contributed by atoms with E-state index < -0.39 is 0 Å². The van der Waals surface area contributed by atoms with Crippen LogP contribution in [0.3, 0.4) is 0 Å². The summed E-state index contributed by atoms with van der Waals surface area (Å²) in [5.41, 5.74) is 1.86. The maximum Gasteiger partial charge on any atom is 0.229 e. The summed E-state index contributed by atoms with van der Waals surface area (Å²) in [7, 11) is 0. The number of hydrogen-bond acceptors (Lipinski definition) is 5. The van der Waals surface area contributed by atoms with Gasteiger partial charge in [0.25, 0.3) is 0 Å². The number of anilines is 4. The lowest BCUT2D eigenvalue weighted by Crippen LogP contribution is -2.02. The van der Waals surface area contributed by atoms with Gasteiger partial charge in [0.15, 0.2) is 11.6 Å². The van der Waals surface area contributed by atoms with Gasteiger partial charge >= 0.3 is 0 Å². The number of aromatic nitrogens is 4. The fourth-order valence-electron chi connectivity index (χ4n) is 2.32. The van der Waals surface area contributed by atoms with Crippen molar-refractivity contribution in [2.45, 2.75) is 18.8 Å². The molecule has 1 aliphatic rings. The van der Waals surface area contributed by atoms with Crippen molar-refractivity contribution in [1.29, 1.82) is 0 Å². The van der Waals surface area contributed by atoms with E-state index >= 15 is 0 Å². The number of rotatable bonds is 5. The van der Waals surface area contributed by atoms with Gasteiger partial charge in [-0.05, 0) is 25.0 Å². The van der Waals surface area contributed by atoms with Gasteiger partial charge < -0.3 is 10.6 Å². The van der Waals surface area contributed by atoms with Crippen LogP contribution in [0.4, 0.5) is 23.3 Å². The molecule has 1 fully saturated rings. The van der Waals surface area contributed by atoms with E-state index in [1.165, 1.54) is 19.0 Å². The molecule has 3 aromatic rings. The summed E-state index contributed by atoms with van der Waals surface area (Å²) < 4.78 is 0. The monoisotopic (exact) mass is 360 g/mol. The van der Waals surface area contributed by atoms with Crippen LogP contribution in [0.25, 0.3) is 0 Å². The highest BCUT2D eigenvalue weighted by molar-refractivity contribution is 6.33. The number of benzene rings is 1. The number of nitrogens with one attached hydrogen (secondary N) is 3. The lowest BCUT2D eigenvalue weighted by molar-refractivity contribution is 0.966. The Kier molecular flexibility index (Phi) is 4.00. The van der Waals surface area contributed by atoms with E-state index in [1.807, 2.05) is 24.3 Å². The van der Waals surface area contributed by atoms with Crippen molar-refractivity contribution in [1.82, 2.24) is 20.2 Å². The predicted molar refractivity (Wildman–Crippen MR) is 95.6 cm³/mol. The van der Waals surface area contributed by atoms with Crippen LogP contribution < -0.4 is 10.6 Å². The van der Waals surface area contributed by atoms with Crippen molar-refractivity contribution >= 4 is 46.5 Å². The highest BCUT2D eigenvalue weighted by atomic mass is 35.5. The number of para-hydroxylation sites is 1. The minimum Gasteiger partial charge on any atom is -0.323 e. The van der Waals surface area contributed by atoms with Crippen LogP contribution >= 0.6 is 23.2 Å². The van der Waals surface area contributed by atoms with Crippen LogP contribution in [-0.4, -0.2) is 20.2 Å². The second-order valence-electron chi connectivity index (χ2n) is 5.60. The molecule has 0 bridgehead atoms. The molecular formula is C16H14Cl2N6. The van der Waals surface area contributed by atoms with E-state index in [9.17, 15) is 0 Å². The third-order valence-corrected chi connectivity index (χ3v) is 4.33. The standard InChI is InChI=1S/C16H14Cl2N6/c17-10-3-1-2-4-12(10)20-16-19-8-11(18)15(22-16)21-14-7-13(23-24-14)9-5-6-9/h1-4,7-9H,5-6H2,(H3,19,20,21,22,23,24). The number of hydrogen-bond donors (Lipinski definition) is 3. The smallest absolute Gasteiger partial charge is 0.229 e. The molecule has 1 saturated carbocycles. The third kappa shape index (κ3) is 3.29. The summed E-state index contributed by atoms with van der Waals surface area (Å²) >= 11 is 12.3. The second kappa shape index (κ2) is 6.30. The minimum atomic E-state index is 0.396. The second-order valence-corrected chi connectivity index (χ2v) is 6.42. The number of H-pyrrole nitrogens is 1. The van der Waals surface area contributed by atoms with Crippen LogP contribution in [0.5, 0.6) is 0 Å². The summed E-state index contributed by atoms with van der Waals surface area (Å²) in [6.07, 6.45) is 3.95. The first kappa shape index (κ1) is 15.2. The molecule has 0 aliphatic heterocycles. The molecule has 3 N–H and O–H groups in total. The Hall–Kier alpha value is -2.31. The normalized spacial score (nSPS) is 13.8. The molecular weight excluding hydrogens is 347 g/mol. The van der Waals surface area contributed by atoms with Gasteiger partial charge in [0.1, 0.15) is 5.02 Å². The molecule has 0 atom stereocenters. The van der Waals surface area contributed by atoms with Crippen LogP contribution in [0.2, 0.25) is 10.0 Å². The molecule has 0 saturated heterocycles. The number of nitrogens with zero attached hydrogens (tertiary/aromatic N) is 3. The third-order valence-electron chi connectivity index (χ3n) is 3.73. The highest BCUT2D eigenvalue weighted by Crippen LogP contribution is 2.39. The maximum absolute atomic E-state index is 6.18. The van der Waals surface area contributed by atoms with E-state index in [2.05, 4.69) is 30.8 Å². The largest absolute Gasteiger partial charge is 0.323 e. The van der Waals surface area contributed by atoms with Gasteiger partial charge in [0, 0.05) is 17.7 Å². The average molecular weight is 361 g/mol. The average Bonchev–Trinajstić information content (AvgIpc) is 3.33. The molecule has 4 rings (SSSR count). The molecule has 122 valence electrons. The topological polar surface area (TPSA) is 78.5 Å². The molecule has 0 unspecified atom stereocenters.